The first-order chi connectivity index (χ1) is 13.7. The molecular formula is C21H32N6O. The van der Waals surface area contributed by atoms with Gasteiger partial charge in [0, 0.05) is 39.3 Å². The van der Waals surface area contributed by atoms with Gasteiger partial charge in [0.15, 0.2) is 5.82 Å². The average Bonchev–Trinajstić information content (AvgIpc) is 3.37. The fraction of sp³-hybridized carbons (Fsp3) is 0.667. The van der Waals surface area contributed by atoms with Crippen molar-refractivity contribution in [2.45, 2.75) is 51.9 Å². The predicted molar refractivity (Wildman–Crippen MR) is 108 cm³/mol. The summed E-state index contributed by atoms with van der Waals surface area (Å²) in [5.74, 6) is 1.44. The molecule has 2 atom stereocenters. The minimum absolute atomic E-state index is 0.246. The number of aromatic nitrogens is 4. The van der Waals surface area contributed by atoms with Crippen molar-refractivity contribution in [2.24, 2.45) is 5.92 Å². The number of hydrogen-bond acceptors (Lipinski definition) is 6. The number of rotatable bonds is 7. The number of nitrogens with zero attached hydrogens (tertiary/aromatic N) is 6. The topological polar surface area (TPSA) is 59.3 Å². The summed E-state index contributed by atoms with van der Waals surface area (Å²) in [5.41, 5.74) is 1.39. The maximum atomic E-state index is 5.80. The van der Waals surface area contributed by atoms with Gasteiger partial charge in [0.1, 0.15) is 0 Å². The molecule has 2 aliphatic heterocycles. The van der Waals surface area contributed by atoms with Crippen molar-refractivity contribution >= 4 is 0 Å². The second kappa shape index (κ2) is 9.11. The summed E-state index contributed by atoms with van der Waals surface area (Å²) in [5, 5.41) is 12.7. The van der Waals surface area contributed by atoms with E-state index in [-0.39, 0.29) is 12.1 Å². The minimum atomic E-state index is 0.246. The molecule has 0 bridgehead atoms. The quantitative estimate of drug-likeness (QED) is 0.730. The SMILES string of the molecule is CC(C)C(c1nnnn1CC1CCCO1)N1CCN(Cc2ccccc2)CC1. The Morgan fingerprint density at radius 1 is 1.11 bits per heavy atom. The maximum absolute atomic E-state index is 5.80. The molecule has 2 fully saturated rings. The van der Waals surface area contributed by atoms with Crippen LogP contribution in [0.3, 0.4) is 0 Å². The van der Waals surface area contributed by atoms with E-state index in [0.717, 1.165) is 64.5 Å². The molecule has 2 aliphatic rings. The van der Waals surface area contributed by atoms with E-state index >= 15 is 0 Å². The van der Waals surface area contributed by atoms with Gasteiger partial charge in [-0.25, -0.2) is 4.68 Å². The summed E-state index contributed by atoms with van der Waals surface area (Å²) >= 11 is 0. The molecule has 0 N–H and O–H groups in total. The summed E-state index contributed by atoms with van der Waals surface area (Å²) in [7, 11) is 0. The van der Waals surface area contributed by atoms with E-state index in [4.69, 9.17) is 4.74 Å². The Morgan fingerprint density at radius 3 is 2.57 bits per heavy atom. The van der Waals surface area contributed by atoms with E-state index < -0.39 is 0 Å². The molecule has 2 unspecified atom stereocenters. The highest BCUT2D eigenvalue weighted by Crippen LogP contribution is 2.28. The van der Waals surface area contributed by atoms with Gasteiger partial charge in [-0.15, -0.1) is 5.10 Å². The van der Waals surface area contributed by atoms with Crippen molar-refractivity contribution < 1.29 is 4.74 Å². The summed E-state index contributed by atoms with van der Waals surface area (Å²) < 4.78 is 7.78. The van der Waals surface area contributed by atoms with E-state index in [1.54, 1.807) is 0 Å². The molecule has 3 heterocycles. The number of tetrazole rings is 1. The Hall–Kier alpha value is -1.83. The normalized spacial score (nSPS) is 22.8. The Kier molecular flexibility index (Phi) is 6.34. The first-order valence-corrected chi connectivity index (χ1v) is 10.6. The monoisotopic (exact) mass is 384 g/mol. The van der Waals surface area contributed by atoms with Crippen LogP contribution in [0, 0.1) is 5.92 Å². The number of hydrogen-bond donors (Lipinski definition) is 0. The van der Waals surface area contributed by atoms with Gasteiger partial charge < -0.3 is 4.74 Å². The van der Waals surface area contributed by atoms with Crippen molar-refractivity contribution in [3.63, 3.8) is 0 Å². The van der Waals surface area contributed by atoms with Crippen LogP contribution in [-0.4, -0.2) is 68.9 Å². The van der Waals surface area contributed by atoms with Crippen LogP contribution in [0.2, 0.25) is 0 Å². The lowest BCUT2D eigenvalue weighted by atomic mass is 10.0. The van der Waals surface area contributed by atoms with Gasteiger partial charge in [-0.2, -0.15) is 0 Å². The number of piperazine rings is 1. The first kappa shape index (κ1) is 19.5. The van der Waals surface area contributed by atoms with E-state index in [2.05, 4.69) is 69.5 Å². The Bertz CT molecular complexity index is 720. The standard InChI is InChI=1S/C21H32N6O/c1-17(2)20(21-22-23-24-27(21)16-19-9-6-14-28-19)26-12-10-25(11-13-26)15-18-7-4-3-5-8-18/h3-5,7-8,17,19-20H,6,9-16H2,1-2H3. The van der Waals surface area contributed by atoms with E-state index in [9.17, 15) is 0 Å². The van der Waals surface area contributed by atoms with Gasteiger partial charge in [-0.1, -0.05) is 44.2 Å². The van der Waals surface area contributed by atoms with Gasteiger partial charge in [0.25, 0.3) is 0 Å². The Morgan fingerprint density at radius 2 is 1.89 bits per heavy atom. The van der Waals surface area contributed by atoms with Crippen molar-refractivity contribution in [3.8, 4) is 0 Å². The Balaban J connectivity index is 1.40. The van der Waals surface area contributed by atoms with E-state index in [1.807, 2.05) is 4.68 Å². The van der Waals surface area contributed by atoms with E-state index in [1.165, 1.54) is 5.56 Å². The molecule has 4 rings (SSSR count). The average molecular weight is 385 g/mol. The molecular weight excluding hydrogens is 352 g/mol. The van der Waals surface area contributed by atoms with Crippen LogP contribution < -0.4 is 0 Å². The van der Waals surface area contributed by atoms with Gasteiger partial charge in [0.2, 0.25) is 0 Å². The van der Waals surface area contributed by atoms with Gasteiger partial charge in [0.05, 0.1) is 18.7 Å². The molecule has 0 amide bonds. The van der Waals surface area contributed by atoms with Crippen molar-refractivity contribution in [1.29, 1.82) is 0 Å². The highest BCUT2D eigenvalue weighted by molar-refractivity contribution is 5.14. The molecule has 2 aromatic rings. The van der Waals surface area contributed by atoms with Crippen LogP contribution in [0.1, 0.15) is 44.1 Å². The van der Waals surface area contributed by atoms with Gasteiger partial charge >= 0.3 is 0 Å². The molecule has 0 aliphatic carbocycles. The number of benzene rings is 1. The van der Waals surface area contributed by atoms with E-state index in [0.29, 0.717) is 5.92 Å². The lowest BCUT2D eigenvalue weighted by Crippen LogP contribution is -2.48. The molecule has 1 aromatic heterocycles. The number of ether oxygens (including phenoxy) is 1. The zero-order chi connectivity index (χ0) is 19.3. The van der Waals surface area contributed by atoms with Crippen LogP contribution in [0.15, 0.2) is 30.3 Å². The van der Waals surface area contributed by atoms with Crippen LogP contribution in [0.4, 0.5) is 0 Å². The molecule has 1 aromatic carbocycles. The lowest BCUT2D eigenvalue weighted by molar-refractivity contribution is 0.0607. The Labute approximate surface area is 167 Å². The molecule has 0 spiro atoms. The zero-order valence-corrected chi connectivity index (χ0v) is 17.1. The van der Waals surface area contributed by atoms with Gasteiger partial charge in [-0.3, -0.25) is 9.80 Å². The highest BCUT2D eigenvalue weighted by atomic mass is 16.5. The van der Waals surface area contributed by atoms with Crippen LogP contribution in [0.25, 0.3) is 0 Å². The first-order valence-electron chi connectivity index (χ1n) is 10.6. The molecule has 152 valence electrons. The molecule has 2 saturated heterocycles. The smallest absolute Gasteiger partial charge is 0.168 e. The summed E-state index contributed by atoms with van der Waals surface area (Å²) in [6.07, 6.45) is 2.49. The molecule has 0 saturated carbocycles. The molecule has 28 heavy (non-hydrogen) atoms. The van der Waals surface area contributed by atoms with Crippen LogP contribution in [0.5, 0.6) is 0 Å². The maximum Gasteiger partial charge on any atom is 0.168 e. The third kappa shape index (κ3) is 4.59. The molecule has 7 heteroatoms. The highest BCUT2D eigenvalue weighted by Gasteiger charge is 2.32. The largest absolute Gasteiger partial charge is 0.376 e. The van der Waals surface area contributed by atoms with Crippen molar-refractivity contribution in [1.82, 2.24) is 30.0 Å². The third-order valence-corrected chi connectivity index (χ3v) is 5.91. The fourth-order valence-electron chi connectivity index (χ4n) is 4.46. The summed E-state index contributed by atoms with van der Waals surface area (Å²) in [6.45, 7) is 11.4. The van der Waals surface area contributed by atoms with Gasteiger partial charge in [-0.05, 0) is 34.7 Å². The third-order valence-electron chi connectivity index (χ3n) is 5.91. The van der Waals surface area contributed by atoms with Crippen molar-refractivity contribution in [2.75, 3.05) is 32.8 Å². The van der Waals surface area contributed by atoms with Crippen molar-refractivity contribution in [3.05, 3.63) is 41.7 Å². The van der Waals surface area contributed by atoms with Crippen LogP contribution >= 0.6 is 0 Å². The second-order valence-electron chi connectivity index (χ2n) is 8.34. The predicted octanol–water partition coefficient (Wildman–Crippen LogP) is 2.37. The fourth-order valence-corrected chi connectivity index (χ4v) is 4.46. The minimum Gasteiger partial charge on any atom is -0.376 e. The lowest BCUT2D eigenvalue weighted by Gasteiger charge is -2.40. The summed E-state index contributed by atoms with van der Waals surface area (Å²) in [6, 6.07) is 11.0. The molecule has 7 nitrogen and oxygen atoms in total. The molecule has 0 radical (unpaired) electrons. The zero-order valence-electron chi connectivity index (χ0n) is 17.1. The second-order valence-corrected chi connectivity index (χ2v) is 8.34. The summed E-state index contributed by atoms with van der Waals surface area (Å²) in [4.78, 5) is 5.10. The van der Waals surface area contributed by atoms with Crippen LogP contribution in [-0.2, 0) is 17.8 Å².